The molecule has 0 aliphatic carbocycles. The van der Waals surface area contributed by atoms with Crippen molar-refractivity contribution in [2.45, 2.75) is 27.2 Å². The van der Waals surface area contributed by atoms with Crippen molar-refractivity contribution in [1.29, 1.82) is 0 Å². The molecule has 0 aromatic heterocycles. The average molecular weight is 161 g/mol. The minimum Gasteiger partial charge on any atom is -0.481 e. The van der Waals surface area contributed by atoms with Gasteiger partial charge in [0.2, 0.25) is 5.91 Å². The van der Waals surface area contributed by atoms with Crippen LogP contribution in [0.2, 0.25) is 0 Å². The Bertz CT molecular complexity index is 128. The van der Waals surface area contributed by atoms with Crippen LogP contribution in [0.5, 0.6) is 0 Å². The van der Waals surface area contributed by atoms with Crippen LogP contribution in [0.3, 0.4) is 0 Å². The van der Waals surface area contributed by atoms with Gasteiger partial charge in [-0.25, -0.2) is 0 Å². The van der Waals surface area contributed by atoms with Gasteiger partial charge in [0, 0.05) is 13.3 Å². The third kappa shape index (κ3) is 49.8. The molecule has 0 heterocycles. The molecule has 0 rings (SSSR count). The van der Waals surface area contributed by atoms with E-state index in [9.17, 15) is 9.59 Å². The lowest BCUT2D eigenvalue weighted by Gasteiger charge is -1.94. The second-order valence-corrected chi connectivity index (χ2v) is 2.60. The van der Waals surface area contributed by atoms with Gasteiger partial charge in [-0.1, -0.05) is 13.8 Å². The topological polar surface area (TPSA) is 80.4 Å². The quantitative estimate of drug-likeness (QED) is 0.622. The van der Waals surface area contributed by atoms with Crippen LogP contribution in [0.25, 0.3) is 0 Å². The lowest BCUT2D eigenvalue weighted by Crippen LogP contribution is -2.01. The van der Waals surface area contributed by atoms with E-state index in [-0.39, 0.29) is 18.2 Å². The molecule has 0 radical (unpaired) electrons. The van der Waals surface area contributed by atoms with Gasteiger partial charge in [-0.3, -0.25) is 9.59 Å². The number of carbonyl (C=O) groups is 2. The smallest absolute Gasteiger partial charge is 0.303 e. The van der Waals surface area contributed by atoms with Gasteiger partial charge >= 0.3 is 5.97 Å². The van der Waals surface area contributed by atoms with Crippen molar-refractivity contribution in [3.8, 4) is 0 Å². The monoisotopic (exact) mass is 161 g/mol. The Labute approximate surface area is 66.4 Å². The molecule has 0 aliphatic rings. The fraction of sp³-hybridized carbons (Fsp3) is 0.714. The third-order valence-corrected chi connectivity index (χ3v) is 0.583. The maximum atomic E-state index is 9.81. The van der Waals surface area contributed by atoms with Crippen LogP contribution in [0.15, 0.2) is 0 Å². The number of carboxylic acids is 1. The predicted octanol–water partition coefficient (Wildman–Crippen LogP) is 0.609. The largest absolute Gasteiger partial charge is 0.481 e. The first-order chi connectivity index (χ1) is 4.86. The minimum absolute atomic E-state index is 0.275. The molecule has 0 atom stereocenters. The molecule has 0 aromatic carbocycles. The lowest BCUT2D eigenvalue weighted by molar-refractivity contribution is -0.137. The van der Waals surface area contributed by atoms with E-state index in [1.54, 1.807) is 0 Å². The predicted molar refractivity (Wildman–Crippen MR) is 42.0 cm³/mol. The highest BCUT2D eigenvalue weighted by molar-refractivity contribution is 5.70. The highest BCUT2D eigenvalue weighted by Crippen LogP contribution is 1.96. The maximum absolute atomic E-state index is 9.81. The van der Waals surface area contributed by atoms with Crippen molar-refractivity contribution in [2.75, 3.05) is 0 Å². The number of hydrogen-bond acceptors (Lipinski definition) is 2. The van der Waals surface area contributed by atoms with Crippen molar-refractivity contribution in [1.82, 2.24) is 0 Å². The van der Waals surface area contributed by atoms with Crippen molar-refractivity contribution in [3.63, 3.8) is 0 Å². The summed E-state index contributed by atoms with van der Waals surface area (Å²) in [4.78, 5) is 19.0. The first-order valence-electron chi connectivity index (χ1n) is 3.34. The second kappa shape index (κ2) is 7.05. The number of hydrogen-bond donors (Lipinski definition) is 2. The fourth-order valence-electron chi connectivity index (χ4n) is 0.349. The number of amides is 1. The van der Waals surface area contributed by atoms with E-state index in [4.69, 9.17) is 5.11 Å². The Hall–Kier alpha value is -1.06. The average Bonchev–Trinajstić information content (AvgIpc) is 1.56. The summed E-state index contributed by atoms with van der Waals surface area (Å²) in [7, 11) is 0. The number of rotatable bonds is 2. The molecule has 3 N–H and O–H groups in total. The SMILES string of the molecule is CC(C)CC(=O)O.CC(N)=O. The molecule has 0 saturated heterocycles. The molecule has 0 aliphatic heterocycles. The van der Waals surface area contributed by atoms with Crippen LogP contribution < -0.4 is 5.73 Å². The molecule has 4 heteroatoms. The molecular formula is C7H15NO3. The highest BCUT2D eigenvalue weighted by atomic mass is 16.4. The summed E-state index contributed by atoms with van der Waals surface area (Å²) in [5, 5.41) is 8.08. The molecule has 1 amide bonds. The van der Waals surface area contributed by atoms with Crippen LogP contribution >= 0.6 is 0 Å². The van der Waals surface area contributed by atoms with Gasteiger partial charge in [0.1, 0.15) is 0 Å². The van der Waals surface area contributed by atoms with Gasteiger partial charge in [-0.15, -0.1) is 0 Å². The summed E-state index contributed by atoms with van der Waals surface area (Å²) >= 11 is 0. The fourth-order valence-corrected chi connectivity index (χ4v) is 0.349. The van der Waals surface area contributed by atoms with E-state index < -0.39 is 5.97 Å². The Morgan fingerprint density at radius 2 is 1.73 bits per heavy atom. The zero-order valence-electron chi connectivity index (χ0n) is 7.13. The van der Waals surface area contributed by atoms with Crippen LogP contribution in [0.4, 0.5) is 0 Å². The van der Waals surface area contributed by atoms with Crippen LogP contribution in [-0.2, 0) is 9.59 Å². The van der Waals surface area contributed by atoms with Crippen molar-refractivity contribution >= 4 is 11.9 Å². The van der Waals surface area contributed by atoms with Gasteiger partial charge in [0.05, 0.1) is 0 Å². The van der Waals surface area contributed by atoms with Gasteiger partial charge in [-0.2, -0.15) is 0 Å². The number of nitrogens with two attached hydrogens (primary N) is 1. The van der Waals surface area contributed by atoms with Gasteiger partial charge in [-0.05, 0) is 5.92 Å². The summed E-state index contributed by atoms with van der Waals surface area (Å²) in [5.74, 6) is -0.771. The van der Waals surface area contributed by atoms with Crippen molar-refractivity contribution in [2.24, 2.45) is 11.7 Å². The molecule has 11 heavy (non-hydrogen) atoms. The minimum atomic E-state index is -0.713. The van der Waals surface area contributed by atoms with Gasteiger partial charge < -0.3 is 10.8 Å². The first-order valence-corrected chi connectivity index (χ1v) is 3.34. The molecule has 4 nitrogen and oxygen atoms in total. The van der Waals surface area contributed by atoms with Crippen LogP contribution in [0.1, 0.15) is 27.2 Å². The van der Waals surface area contributed by atoms with Gasteiger partial charge in [0.25, 0.3) is 0 Å². The molecular weight excluding hydrogens is 146 g/mol. The third-order valence-electron chi connectivity index (χ3n) is 0.583. The maximum Gasteiger partial charge on any atom is 0.303 e. The van der Waals surface area contributed by atoms with Crippen LogP contribution in [0, 0.1) is 5.92 Å². The summed E-state index contributed by atoms with van der Waals surface area (Å²) in [6, 6.07) is 0. The zero-order chi connectivity index (χ0) is 9.44. The zero-order valence-corrected chi connectivity index (χ0v) is 7.13. The molecule has 0 aromatic rings. The van der Waals surface area contributed by atoms with E-state index >= 15 is 0 Å². The number of aliphatic carboxylic acids is 1. The molecule has 0 unspecified atom stereocenters. The summed E-state index contributed by atoms with van der Waals surface area (Å²) in [6.07, 6.45) is 0.278. The summed E-state index contributed by atoms with van der Waals surface area (Å²) < 4.78 is 0. The Kier molecular flexibility index (Phi) is 8.08. The highest BCUT2D eigenvalue weighted by Gasteiger charge is 1.98. The molecule has 0 saturated carbocycles. The molecule has 0 spiro atoms. The summed E-state index contributed by atoms with van der Waals surface area (Å²) in [5.41, 5.74) is 4.47. The molecule has 66 valence electrons. The number of carboxylic acid groups (broad SMARTS) is 1. The molecule has 0 fully saturated rings. The standard InChI is InChI=1S/C5H10O2.C2H5NO/c1-4(2)3-5(6)7;1-2(3)4/h4H,3H2,1-2H3,(H,6,7);1H3,(H2,3,4). The number of primary amides is 1. The van der Waals surface area contributed by atoms with E-state index in [2.05, 4.69) is 5.73 Å². The van der Waals surface area contributed by atoms with E-state index in [0.29, 0.717) is 0 Å². The van der Waals surface area contributed by atoms with Crippen molar-refractivity contribution < 1.29 is 14.7 Å². The number of carbonyl (C=O) groups excluding carboxylic acids is 1. The summed E-state index contributed by atoms with van der Waals surface area (Å²) in [6.45, 7) is 5.07. The Morgan fingerprint density at radius 1 is 1.45 bits per heavy atom. The van der Waals surface area contributed by atoms with E-state index in [0.717, 1.165) is 0 Å². The van der Waals surface area contributed by atoms with E-state index in [1.165, 1.54) is 6.92 Å². The first kappa shape index (κ1) is 12.6. The van der Waals surface area contributed by atoms with E-state index in [1.807, 2.05) is 13.8 Å². The lowest BCUT2D eigenvalue weighted by atomic mass is 10.1. The Balaban J connectivity index is 0. The normalized spacial score (nSPS) is 8.36. The van der Waals surface area contributed by atoms with Gasteiger partial charge in [0.15, 0.2) is 0 Å². The second-order valence-electron chi connectivity index (χ2n) is 2.60. The molecule has 0 bridgehead atoms. The Morgan fingerprint density at radius 3 is 1.73 bits per heavy atom. The van der Waals surface area contributed by atoms with Crippen LogP contribution in [-0.4, -0.2) is 17.0 Å². The van der Waals surface area contributed by atoms with Crippen molar-refractivity contribution in [3.05, 3.63) is 0 Å².